The van der Waals surface area contributed by atoms with Gasteiger partial charge in [0.1, 0.15) is 0 Å². The summed E-state index contributed by atoms with van der Waals surface area (Å²) in [6.45, 7) is 5.63. The zero-order valence-corrected chi connectivity index (χ0v) is 17.7. The van der Waals surface area contributed by atoms with Crippen molar-refractivity contribution in [3.05, 3.63) is 58.3 Å². The molecule has 0 aliphatic heterocycles. The summed E-state index contributed by atoms with van der Waals surface area (Å²) >= 11 is 6.72. The number of carbonyl (C=O) groups excluding carboxylic acids is 2. The van der Waals surface area contributed by atoms with E-state index in [1.165, 1.54) is 6.08 Å². The van der Waals surface area contributed by atoms with Crippen molar-refractivity contribution >= 4 is 52.2 Å². The Kier molecular flexibility index (Phi) is 8.84. The van der Waals surface area contributed by atoms with E-state index in [0.29, 0.717) is 11.3 Å². The highest BCUT2D eigenvalue weighted by Gasteiger charge is 2.14. The topological polar surface area (TPSA) is 61.4 Å². The van der Waals surface area contributed by atoms with Gasteiger partial charge in [-0.2, -0.15) is 0 Å². The number of thiocarbonyl (C=S) groups is 1. The number of carbonyl (C=O) groups is 2. The number of thiophene rings is 1. The van der Waals surface area contributed by atoms with Crippen LogP contribution in [-0.4, -0.2) is 34.9 Å². The Morgan fingerprint density at radius 2 is 1.79 bits per heavy atom. The van der Waals surface area contributed by atoms with Crippen molar-refractivity contribution in [3.8, 4) is 0 Å². The number of rotatable bonds is 8. The van der Waals surface area contributed by atoms with Gasteiger partial charge < -0.3 is 10.2 Å². The first-order chi connectivity index (χ1) is 13.5. The lowest BCUT2D eigenvalue weighted by molar-refractivity contribution is -0.115. The largest absolute Gasteiger partial charge is 0.339 e. The summed E-state index contributed by atoms with van der Waals surface area (Å²) in [7, 11) is 0. The van der Waals surface area contributed by atoms with Crippen molar-refractivity contribution in [3.63, 3.8) is 0 Å². The second-order valence-corrected chi connectivity index (χ2v) is 7.55. The van der Waals surface area contributed by atoms with E-state index in [4.69, 9.17) is 12.2 Å². The number of anilines is 1. The average molecular weight is 416 g/mol. The predicted molar refractivity (Wildman–Crippen MR) is 121 cm³/mol. The minimum Gasteiger partial charge on any atom is -0.339 e. The third kappa shape index (κ3) is 6.90. The monoisotopic (exact) mass is 415 g/mol. The molecule has 0 radical (unpaired) electrons. The Hall–Kier alpha value is -2.51. The van der Waals surface area contributed by atoms with Gasteiger partial charge in [0.25, 0.3) is 5.91 Å². The number of nitrogens with zero attached hydrogens (tertiary/aromatic N) is 1. The van der Waals surface area contributed by atoms with Crippen LogP contribution >= 0.6 is 23.6 Å². The molecule has 0 spiro atoms. The normalized spacial score (nSPS) is 10.6. The van der Waals surface area contributed by atoms with Crippen LogP contribution in [-0.2, 0) is 4.79 Å². The summed E-state index contributed by atoms with van der Waals surface area (Å²) in [6.07, 6.45) is 5.04. The van der Waals surface area contributed by atoms with Crippen LogP contribution in [0.25, 0.3) is 6.08 Å². The molecular weight excluding hydrogens is 390 g/mol. The van der Waals surface area contributed by atoms with Crippen molar-refractivity contribution in [2.45, 2.75) is 26.7 Å². The van der Waals surface area contributed by atoms with E-state index in [1.54, 1.807) is 41.7 Å². The molecule has 148 valence electrons. The molecule has 2 N–H and O–H groups in total. The molecule has 0 fully saturated rings. The Morgan fingerprint density at radius 3 is 2.36 bits per heavy atom. The molecule has 1 heterocycles. The second kappa shape index (κ2) is 11.4. The molecule has 0 aliphatic carbocycles. The highest BCUT2D eigenvalue weighted by Crippen LogP contribution is 2.13. The van der Waals surface area contributed by atoms with Gasteiger partial charge in [0, 0.05) is 35.3 Å². The van der Waals surface area contributed by atoms with Gasteiger partial charge in [-0.25, -0.2) is 0 Å². The zero-order chi connectivity index (χ0) is 20.4. The molecule has 0 saturated carbocycles. The molecule has 7 heteroatoms. The van der Waals surface area contributed by atoms with E-state index in [2.05, 4.69) is 24.5 Å². The van der Waals surface area contributed by atoms with Gasteiger partial charge in [-0.05, 0) is 66.8 Å². The standard InChI is InChI=1S/C21H25N3O2S2/c1-3-13-24(14-4-2)20(26)16-7-9-17(10-8-16)22-21(27)23-19(25)12-11-18-6-5-15-28-18/h5-12,15H,3-4,13-14H2,1-2H3,(H2,22,23,25,27)/b12-11+. The van der Waals surface area contributed by atoms with E-state index in [9.17, 15) is 9.59 Å². The van der Waals surface area contributed by atoms with Crippen molar-refractivity contribution < 1.29 is 9.59 Å². The summed E-state index contributed by atoms with van der Waals surface area (Å²) in [4.78, 5) is 27.4. The van der Waals surface area contributed by atoms with Gasteiger partial charge in [-0.15, -0.1) is 11.3 Å². The van der Waals surface area contributed by atoms with Crippen LogP contribution < -0.4 is 10.6 Å². The first kappa shape index (κ1) is 21.8. The fourth-order valence-electron chi connectivity index (χ4n) is 2.59. The molecule has 0 atom stereocenters. The summed E-state index contributed by atoms with van der Waals surface area (Å²) in [5.41, 5.74) is 1.35. The van der Waals surface area contributed by atoms with E-state index >= 15 is 0 Å². The lowest BCUT2D eigenvalue weighted by Crippen LogP contribution is -2.33. The number of amides is 2. The van der Waals surface area contributed by atoms with Crippen LogP contribution in [0.15, 0.2) is 47.9 Å². The molecule has 2 aromatic rings. The maximum Gasteiger partial charge on any atom is 0.253 e. The van der Waals surface area contributed by atoms with Gasteiger partial charge in [0.05, 0.1) is 0 Å². The second-order valence-electron chi connectivity index (χ2n) is 6.16. The van der Waals surface area contributed by atoms with Crippen molar-refractivity contribution in [1.82, 2.24) is 10.2 Å². The Bertz CT molecular complexity index is 809. The van der Waals surface area contributed by atoms with Gasteiger partial charge in [0.15, 0.2) is 5.11 Å². The summed E-state index contributed by atoms with van der Waals surface area (Å²) in [5, 5.41) is 7.71. The highest BCUT2D eigenvalue weighted by molar-refractivity contribution is 7.80. The molecule has 0 unspecified atom stereocenters. The lowest BCUT2D eigenvalue weighted by atomic mass is 10.1. The molecule has 0 saturated heterocycles. The van der Waals surface area contributed by atoms with Crippen LogP contribution in [0.3, 0.4) is 0 Å². The first-order valence-corrected chi connectivity index (χ1v) is 10.5. The molecule has 2 rings (SSSR count). The maximum absolute atomic E-state index is 12.6. The first-order valence-electron chi connectivity index (χ1n) is 9.26. The van der Waals surface area contributed by atoms with Crippen molar-refractivity contribution in [2.24, 2.45) is 0 Å². The SMILES string of the molecule is CCCN(CCC)C(=O)c1ccc(NC(=S)NC(=O)/C=C/c2cccs2)cc1. The quantitative estimate of drug-likeness (QED) is 0.491. The van der Waals surface area contributed by atoms with Crippen LogP contribution in [0.4, 0.5) is 5.69 Å². The maximum atomic E-state index is 12.6. The van der Waals surface area contributed by atoms with E-state index in [0.717, 1.165) is 30.8 Å². The lowest BCUT2D eigenvalue weighted by Gasteiger charge is -2.21. The molecule has 1 aromatic carbocycles. The molecule has 5 nitrogen and oxygen atoms in total. The summed E-state index contributed by atoms with van der Waals surface area (Å²) < 4.78 is 0. The van der Waals surface area contributed by atoms with Crippen LogP contribution in [0, 0.1) is 0 Å². The third-order valence-corrected chi connectivity index (χ3v) is 4.88. The molecular formula is C21H25N3O2S2. The minimum absolute atomic E-state index is 0.0323. The summed E-state index contributed by atoms with van der Waals surface area (Å²) in [5.74, 6) is -0.266. The Morgan fingerprint density at radius 1 is 1.11 bits per heavy atom. The number of nitrogens with one attached hydrogen (secondary N) is 2. The van der Waals surface area contributed by atoms with Crippen molar-refractivity contribution in [2.75, 3.05) is 18.4 Å². The van der Waals surface area contributed by atoms with Gasteiger partial charge in [-0.1, -0.05) is 19.9 Å². The zero-order valence-electron chi connectivity index (χ0n) is 16.1. The van der Waals surface area contributed by atoms with Gasteiger partial charge in [-0.3, -0.25) is 14.9 Å². The number of benzene rings is 1. The number of hydrogen-bond donors (Lipinski definition) is 2. The van der Waals surface area contributed by atoms with E-state index in [1.807, 2.05) is 22.4 Å². The molecule has 0 aliphatic rings. The van der Waals surface area contributed by atoms with Crippen LogP contribution in [0.5, 0.6) is 0 Å². The third-order valence-electron chi connectivity index (χ3n) is 3.84. The smallest absolute Gasteiger partial charge is 0.253 e. The molecule has 1 aromatic heterocycles. The fourth-order valence-corrected chi connectivity index (χ4v) is 3.43. The highest BCUT2D eigenvalue weighted by atomic mass is 32.1. The molecule has 2 amide bonds. The van der Waals surface area contributed by atoms with Crippen LogP contribution in [0.1, 0.15) is 41.9 Å². The molecule has 0 bridgehead atoms. The predicted octanol–water partition coefficient (Wildman–Crippen LogP) is 4.54. The van der Waals surface area contributed by atoms with Gasteiger partial charge in [0.2, 0.25) is 5.91 Å². The van der Waals surface area contributed by atoms with Crippen LogP contribution in [0.2, 0.25) is 0 Å². The minimum atomic E-state index is -0.299. The van der Waals surface area contributed by atoms with Gasteiger partial charge >= 0.3 is 0 Å². The Labute approximate surface area is 175 Å². The molecule has 28 heavy (non-hydrogen) atoms. The van der Waals surface area contributed by atoms with Crippen molar-refractivity contribution in [1.29, 1.82) is 0 Å². The summed E-state index contributed by atoms with van der Waals surface area (Å²) in [6, 6.07) is 10.9. The van der Waals surface area contributed by atoms with E-state index < -0.39 is 0 Å². The Balaban J connectivity index is 1.89. The number of hydrogen-bond acceptors (Lipinski definition) is 4. The van der Waals surface area contributed by atoms with E-state index in [-0.39, 0.29) is 16.9 Å². The average Bonchev–Trinajstić information content (AvgIpc) is 3.20. The fraction of sp³-hybridized carbons (Fsp3) is 0.286.